The number of fused-ring (bicyclic) bond motifs is 3. The Balaban J connectivity index is 1.39. The number of ether oxygens (including phenoxy) is 2. The molecule has 1 N–H and O–H groups in total. The molecule has 0 heterocycles. The number of hydrogen-bond donors (Lipinski definition) is 1. The first-order chi connectivity index (χ1) is 16.5. The number of rotatable bonds is 10. The summed E-state index contributed by atoms with van der Waals surface area (Å²) in [7, 11) is 0. The molecular formula is C28H26O6. The van der Waals surface area contributed by atoms with Crippen LogP contribution in [0.2, 0.25) is 0 Å². The molecule has 0 radical (unpaired) electrons. The first-order valence-electron chi connectivity index (χ1n) is 11.3. The molecule has 0 spiro atoms. The van der Waals surface area contributed by atoms with Gasteiger partial charge < -0.3 is 14.6 Å². The molecule has 174 valence electrons. The van der Waals surface area contributed by atoms with Crippen molar-refractivity contribution in [2.75, 3.05) is 6.61 Å². The van der Waals surface area contributed by atoms with E-state index in [1.54, 1.807) is 0 Å². The van der Waals surface area contributed by atoms with Crippen LogP contribution in [0, 0.1) is 5.92 Å². The highest BCUT2D eigenvalue weighted by Crippen LogP contribution is 2.44. The van der Waals surface area contributed by atoms with E-state index in [0.29, 0.717) is 0 Å². The van der Waals surface area contributed by atoms with E-state index in [9.17, 15) is 14.4 Å². The fraction of sp³-hybridized carbons (Fsp3) is 0.250. The standard InChI is InChI=1S/C28H26O6/c29-26(30)15-14-20(28(32)34-17-19-8-2-1-3-9-19)16-27(31)33-18-25-23-12-6-4-10-21(23)22-11-5-7-13-24(22)25/h1-13,20,25H,14-18H2,(H,29,30)/t20-/m1/s1. The molecule has 6 heteroatoms. The van der Waals surface area contributed by atoms with Crippen LogP contribution in [0.15, 0.2) is 78.9 Å². The molecule has 0 saturated heterocycles. The lowest BCUT2D eigenvalue weighted by Crippen LogP contribution is -2.24. The molecule has 3 aromatic rings. The zero-order chi connectivity index (χ0) is 23.9. The lowest BCUT2D eigenvalue weighted by atomic mass is 9.97. The topological polar surface area (TPSA) is 89.9 Å². The summed E-state index contributed by atoms with van der Waals surface area (Å²) in [5.41, 5.74) is 5.27. The maximum absolute atomic E-state index is 12.7. The van der Waals surface area contributed by atoms with E-state index in [4.69, 9.17) is 14.6 Å². The van der Waals surface area contributed by atoms with Crippen molar-refractivity contribution in [2.24, 2.45) is 5.92 Å². The van der Waals surface area contributed by atoms with Crippen molar-refractivity contribution in [2.45, 2.75) is 31.8 Å². The Kier molecular flexibility index (Phi) is 7.38. The summed E-state index contributed by atoms with van der Waals surface area (Å²) in [6.45, 7) is 0.214. The van der Waals surface area contributed by atoms with E-state index in [2.05, 4.69) is 12.1 Å². The normalized spacial score (nSPS) is 12.9. The molecule has 34 heavy (non-hydrogen) atoms. The monoisotopic (exact) mass is 458 g/mol. The van der Waals surface area contributed by atoms with E-state index in [-0.39, 0.29) is 38.4 Å². The summed E-state index contributed by atoms with van der Waals surface area (Å²) in [6.07, 6.45) is -0.453. The summed E-state index contributed by atoms with van der Waals surface area (Å²) in [5.74, 6) is -3.14. The fourth-order valence-corrected chi connectivity index (χ4v) is 4.32. The first-order valence-corrected chi connectivity index (χ1v) is 11.3. The van der Waals surface area contributed by atoms with E-state index in [1.807, 2.05) is 66.7 Å². The minimum atomic E-state index is -1.03. The zero-order valence-corrected chi connectivity index (χ0v) is 18.7. The SMILES string of the molecule is O=C(O)CC[C@H](CC(=O)OCC1c2ccccc2-c2ccccc21)C(=O)OCc1ccccc1. The molecule has 1 aliphatic rings. The predicted molar refractivity (Wildman–Crippen MR) is 126 cm³/mol. The van der Waals surface area contributed by atoms with Gasteiger partial charge in [0.2, 0.25) is 0 Å². The second kappa shape index (κ2) is 10.8. The van der Waals surface area contributed by atoms with Gasteiger partial charge in [0, 0.05) is 12.3 Å². The number of aliphatic carboxylic acids is 1. The van der Waals surface area contributed by atoms with Crippen molar-refractivity contribution in [1.82, 2.24) is 0 Å². The van der Waals surface area contributed by atoms with Gasteiger partial charge in [0.25, 0.3) is 0 Å². The molecular weight excluding hydrogens is 432 g/mol. The maximum atomic E-state index is 12.7. The minimum absolute atomic E-state index is 0.00709. The Bertz CT molecular complexity index is 1120. The lowest BCUT2D eigenvalue weighted by molar-refractivity contribution is -0.157. The van der Waals surface area contributed by atoms with E-state index < -0.39 is 23.8 Å². The van der Waals surface area contributed by atoms with E-state index in [1.165, 1.54) is 0 Å². The molecule has 6 nitrogen and oxygen atoms in total. The lowest BCUT2D eigenvalue weighted by Gasteiger charge is -2.17. The van der Waals surface area contributed by atoms with Crippen molar-refractivity contribution in [3.05, 3.63) is 95.6 Å². The average Bonchev–Trinajstić information content (AvgIpc) is 3.18. The summed E-state index contributed by atoms with van der Waals surface area (Å²) in [5, 5.41) is 9.05. The van der Waals surface area contributed by atoms with E-state index in [0.717, 1.165) is 27.8 Å². The quantitative estimate of drug-likeness (QED) is 0.432. The summed E-state index contributed by atoms with van der Waals surface area (Å²) in [4.78, 5) is 36.4. The molecule has 0 aromatic heterocycles. The number of carboxylic acid groups (broad SMARTS) is 1. The van der Waals surface area contributed by atoms with Crippen LogP contribution in [0.3, 0.4) is 0 Å². The second-order valence-electron chi connectivity index (χ2n) is 8.34. The number of hydrogen-bond acceptors (Lipinski definition) is 5. The van der Waals surface area contributed by atoms with Gasteiger partial charge in [0.1, 0.15) is 13.2 Å². The van der Waals surface area contributed by atoms with Crippen LogP contribution in [-0.2, 0) is 30.5 Å². The first kappa shape index (κ1) is 23.2. The van der Waals surface area contributed by atoms with Crippen LogP contribution in [0.5, 0.6) is 0 Å². The van der Waals surface area contributed by atoms with E-state index >= 15 is 0 Å². The minimum Gasteiger partial charge on any atom is -0.481 e. The molecule has 1 atom stereocenters. The summed E-state index contributed by atoms with van der Waals surface area (Å²) in [6, 6.07) is 25.2. The van der Waals surface area contributed by atoms with Gasteiger partial charge in [-0.2, -0.15) is 0 Å². The van der Waals surface area contributed by atoms with Crippen LogP contribution in [-0.4, -0.2) is 29.6 Å². The van der Waals surface area contributed by atoms with Crippen LogP contribution in [0.1, 0.15) is 41.9 Å². The number of carboxylic acids is 1. The predicted octanol–water partition coefficient (Wildman–Crippen LogP) is 4.96. The number of benzene rings is 3. The van der Waals surface area contributed by atoms with Crippen molar-refractivity contribution >= 4 is 17.9 Å². The highest BCUT2D eigenvalue weighted by molar-refractivity contribution is 5.81. The number of carbonyl (C=O) groups is 3. The van der Waals surface area contributed by atoms with Gasteiger partial charge in [-0.05, 0) is 34.2 Å². The van der Waals surface area contributed by atoms with Gasteiger partial charge in [-0.15, -0.1) is 0 Å². The molecule has 0 amide bonds. The van der Waals surface area contributed by atoms with Crippen LogP contribution in [0.4, 0.5) is 0 Å². The van der Waals surface area contributed by atoms with Gasteiger partial charge in [-0.3, -0.25) is 14.4 Å². The molecule has 1 aliphatic carbocycles. The van der Waals surface area contributed by atoms with Crippen LogP contribution >= 0.6 is 0 Å². The third-order valence-electron chi connectivity index (χ3n) is 6.05. The molecule has 0 unspecified atom stereocenters. The summed E-state index contributed by atoms with van der Waals surface area (Å²) >= 11 is 0. The van der Waals surface area contributed by atoms with Gasteiger partial charge in [0.15, 0.2) is 0 Å². The number of esters is 2. The van der Waals surface area contributed by atoms with Crippen molar-refractivity contribution in [3.8, 4) is 11.1 Å². The molecule has 0 aliphatic heterocycles. The highest BCUT2D eigenvalue weighted by Gasteiger charge is 2.30. The largest absolute Gasteiger partial charge is 0.481 e. The van der Waals surface area contributed by atoms with Gasteiger partial charge in [-0.25, -0.2) is 0 Å². The molecule has 0 fully saturated rings. The molecule has 0 bridgehead atoms. The Labute approximate surface area is 198 Å². The highest BCUT2D eigenvalue weighted by atomic mass is 16.5. The molecule has 0 saturated carbocycles. The molecule has 3 aromatic carbocycles. The average molecular weight is 459 g/mol. The Morgan fingerprint density at radius 1 is 0.794 bits per heavy atom. The third-order valence-corrected chi connectivity index (χ3v) is 6.05. The summed E-state index contributed by atoms with van der Waals surface area (Å²) < 4.78 is 11.0. The Morgan fingerprint density at radius 3 is 2.00 bits per heavy atom. The Morgan fingerprint density at radius 2 is 1.38 bits per heavy atom. The number of carbonyl (C=O) groups excluding carboxylic acids is 2. The second-order valence-corrected chi connectivity index (χ2v) is 8.34. The fourth-order valence-electron chi connectivity index (χ4n) is 4.32. The maximum Gasteiger partial charge on any atom is 0.309 e. The smallest absolute Gasteiger partial charge is 0.309 e. The van der Waals surface area contributed by atoms with Crippen LogP contribution in [0.25, 0.3) is 11.1 Å². The zero-order valence-electron chi connectivity index (χ0n) is 18.7. The van der Waals surface area contributed by atoms with Crippen molar-refractivity contribution in [3.63, 3.8) is 0 Å². The molecule has 4 rings (SSSR count). The van der Waals surface area contributed by atoms with Crippen molar-refractivity contribution < 1.29 is 29.0 Å². The van der Waals surface area contributed by atoms with Crippen molar-refractivity contribution in [1.29, 1.82) is 0 Å². The van der Waals surface area contributed by atoms with Gasteiger partial charge in [0.05, 0.1) is 12.3 Å². The third kappa shape index (κ3) is 5.52. The van der Waals surface area contributed by atoms with Gasteiger partial charge >= 0.3 is 17.9 Å². The van der Waals surface area contributed by atoms with Crippen LogP contribution < -0.4 is 0 Å². The van der Waals surface area contributed by atoms with Gasteiger partial charge in [-0.1, -0.05) is 78.9 Å². The Hall–Kier alpha value is -3.93.